The number of pyridine rings is 1. The van der Waals surface area contributed by atoms with Crippen LogP contribution in [0.15, 0.2) is 18.3 Å². The molecule has 2 aliphatic rings. The van der Waals surface area contributed by atoms with Crippen molar-refractivity contribution in [2.24, 2.45) is 5.92 Å². The maximum absolute atomic E-state index is 5.58. The molecule has 1 aromatic rings. The highest BCUT2D eigenvalue weighted by Gasteiger charge is 2.17. The smallest absolute Gasteiger partial charge is 0.170 e. The molecule has 6 heteroatoms. The number of nitrogens with one attached hydrogen (secondary N) is 2. The summed E-state index contributed by atoms with van der Waals surface area (Å²) in [5.41, 5.74) is 0.920. The number of rotatable bonds is 4. The van der Waals surface area contributed by atoms with Gasteiger partial charge in [-0.25, -0.2) is 4.98 Å². The standard InChI is InChI=1S/C17H26N4OS/c1-13-4-2-8-21(12-13)16-7-6-14(10-18-16)20-17(23)19-11-15-5-3-9-22-15/h6-7,10,13,15H,2-5,8-9,11-12H2,1H3,(H2,19,20,23)/t13-,15-/m1/s1. The van der Waals surface area contributed by atoms with E-state index in [9.17, 15) is 0 Å². The van der Waals surface area contributed by atoms with Crippen molar-refractivity contribution < 1.29 is 4.74 Å². The lowest BCUT2D eigenvalue weighted by atomic mass is 10.0. The topological polar surface area (TPSA) is 49.4 Å². The van der Waals surface area contributed by atoms with Gasteiger partial charge >= 0.3 is 0 Å². The first-order chi connectivity index (χ1) is 11.2. The molecule has 0 spiro atoms. The molecule has 0 aromatic carbocycles. The summed E-state index contributed by atoms with van der Waals surface area (Å²) in [7, 11) is 0. The molecule has 0 unspecified atom stereocenters. The van der Waals surface area contributed by atoms with Crippen LogP contribution in [-0.2, 0) is 4.74 Å². The first-order valence-electron chi connectivity index (χ1n) is 8.58. The van der Waals surface area contributed by atoms with Crippen molar-refractivity contribution in [2.45, 2.75) is 38.7 Å². The molecule has 23 heavy (non-hydrogen) atoms. The quantitative estimate of drug-likeness (QED) is 0.826. The molecule has 3 rings (SSSR count). The van der Waals surface area contributed by atoms with Crippen LogP contribution in [0.2, 0.25) is 0 Å². The maximum Gasteiger partial charge on any atom is 0.170 e. The van der Waals surface area contributed by atoms with E-state index in [1.807, 2.05) is 12.3 Å². The third kappa shape index (κ3) is 4.78. The summed E-state index contributed by atoms with van der Waals surface area (Å²) in [5, 5.41) is 7.03. The molecule has 0 radical (unpaired) electrons. The molecular weight excluding hydrogens is 308 g/mol. The van der Waals surface area contributed by atoms with Gasteiger partial charge in [0.05, 0.1) is 18.0 Å². The lowest BCUT2D eigenvalue weighted by molar-refractivity contribution is 0.114. The number of hydrogen-bond acceptors (Lipinski definition) is 4. The molecule has 126 valence electrons. The molecule has 1 aromatic heterocycles. The molecule has 2 aliphatic heterocycles. The molecule has 0 saturated carbocycles. The van der Waals surface area contributed by atoms with E-state index in [-0.39, 0.29) is 6.10 Å². The van der Waals surface area contributed by atoms with Gasteiger partial charge in [-0.2, -0.15) is 0 Å². The van der Waals surface area contributed by atoms with Crippen LogP contribution in [0, 0.1) is 5.92 Å². The summed E-state index contributed by atoms with van der Waals surface area (Å²) in [4.78, 5) is 6.95. The highest BCUT2D eigenvalue weighted by molar-refractivity contribution is 7.80. The number of ether oxygens (including phenoxy) is 1. The van der Waals surface area contributed by atoms with E-state index >= 15 is 0 Å². The van der Waals surface area contributed by atoms with Gasteiger partial charge in [0, 0.05) is 26.2 Å². The Kier molecular flexibility index (Phi) is 5.67. The van der Waals surface area contributed by atoms with Crippen molar-refractivity contribution in [2.75, 3.05) is 36.5 Å². The summed E-state index contributed by atoms with van der Waals surface area (Å²) in [6.07, 6.45) is 6.97. The van der Waals surface area contributed by atoms with Crippen molar-refractivity contribution in [3.63, 3.8) is 0 Å². The van der Waals surface area contributed by atoms with Gasteiger partial charge in [0.2, 0.25) is 0 Å². The van der Waals surface area contributed by atoms with E-state index in [0.717, 1.165) is 56.5 Å². The average Bonchev–Trinajstić information content (AvgIpc) is 3.07. The second kappa shape index (κ2) is 7.93. The van der Waals surface area contributed by atoms with Gasteiger partial charge in [-0.1, -0.05) is 6.92 Å². The maximum atomic E-state index is 5.58. The Morgan fingerprint density at radius 2 is 2.30 bits per heavy atom. The van der Waals surface area contributed by atoms with E-state index < -0.39 is 0 Å². The minimum atomic E-state index is 0.288. The second-order valence-electron chi connectivity index (χ2n) is 6.57. The first-order valence-corrected chi connectivity index (χ1v) is 8.99. The summed E-state index contributed by atoms with van der Waals surface area (Å²) in [6.45, 7) is 6.14. The summed E-state index contributed by atoms with van der Waals surface area (Å²) in [6, 6.07) is 4.12. The normalized spacial score (nSPS) is 24.5. The molecule has 2 N–H and O–H groups in total. The monoisotopic (exact) mass is 334 g/mol. The van der Waals surface area contributed by atoms with Crippen LogP contribution >= 0.6 is 12.2 Å². The Morgan fingerprint density at radius 1 is 1.39 bits per heavy atom. The van der Waals surface area contributed by atoms with Crippen molar-refractivity contribution in [1.82, 2.24) is 10.3 Å². The van der Waals surface area contributed by atoms with E-state index in [4.69, 9.17) is 17.0 Å². The Morgan fingerprint density at radius 3 is 3.00 bits per heavy atom. The second-order valence-corrected chi connectivity index (χ2v) is 6.98. The lowest BCUT2D eigenvalue weighted by Crippen LogP contribution is -2.35. The van der Waals surface area contributed by atoms with Crippen LogP contribution in [0.1, 0.15) is 32.6 Å². The van der Waals surface area contributed by atoms with Crippen LogP contribution < -0.4 is 15.5 Å². The Labute approximate surface area is 143 Å². The minimum Gasteiger partial charge on any atom is -0.376 e. The summed E-state index contributed by atoms with van der Waals surface area (Å²) < 4.78 is 5.58. The predicted molar refractivity (Wildman–Crippen MR) is 98.0 cm³/mol. The van der Waals surface area contributed by atoms with Crippen LogP contribution in [-0.4, -0.2) is 42.4 Å². The van der Waals surface area contributed by atoms with Crippen molar-refractivity contribution in [3.05, 3.63) is 18.3 Å². The summed E-state index contributed by atoms with van der Waals surface area (Å²) in [5.74, 6) is 1.80. The predicted octanol–water partition coefficient (Wildman–Crippen LogP) is 2.78. The van der Waals surface area contributed by atoms with Crippen molar-refractivity contribution >= 4 is 28.8 Å². The largest absolute Gasteiger partial charge is 0.376 e. The third-order valence-corrected chi connectivity index (χ3v) is 4.75. The fourth-order valence-electron chi connectivity index (χ4n) is 3.23. The molecule has 5 nitrogen and oxygen atoms in total. The number of hydrogen-bond donors (Lipinski definition) is 2. The van der Waals surface area contributed by atoms with E-state index in [2.05, 4.69) is 33.5 Å². The fourth-order valence-corrected chi connectivity index (χ4v) is 3.43. The van der Waals surface area contributed by atoms with Gasteiger partial charge in [-0.3, -0.25) is 0 Å². The molecular formula is C17H26N4OS. The number of aromatic nitrogens is 1. The van der Waals surface area contributed by atoms with Gasteiger partial charge in [0.25, 0.3) is 0 Å². The van der Waals surface area contributed by atoms with E-state index in [1.54, 1.807) is 0 Å². The SMILES string of the molecule is C[C@@H]1CCCN(c2ccc(NC(=S)NC[C@H]3CCCO3)cn2)C1. The highest BCUT2D eigenvalue weighted by Crippen LogP contribution is 2.22. The molecule has 2 atom stereocenters. The van der Waals surface area contributed by atoms with Crippen LogP contribution in [0.25, 0.3) is 0 Å². The van der Waals surface area contributed by atoms with Crippen LogP contribution in [0.5, 0.6) is 0 Å². The average molecular weight is 334 g/mol. The van der Waals surface area contributed by atoms with E-state index in [0.29, 0.717) is 5.11 Å². The molecule has 0 bridgehead atoms. The Hall–Kier alpha value is -1.40. The van der Waals surface area contributed by atoms with Gasteiger partial charge in [-0.15, -0.1) is 0 Å². The molecule has 2 fully saturated rings. The van der Waals surface area contributed by atoms with E-state index in [1.165, 1.54) is 12.8 Å². The number of thiocarbonyl (C=S) groups is 1. The molecule has 0 aliphatic carbocycles. The molecule has 3 heterocycles. The fraction of sp³-hybridized carbons (Fsp3) is 0.647. The minimum absolute atomic E-state index is 0.288. The van der Waals surface area contributed by atoms with Gasteiger partial charge in [0.15, 0.2) is 5.11 Å². The zero-order valence-corrected chi connectivity index (χ0v) is 14.6. The highest BCUT2D eigenvalue weighted by atomic mass is 32.1. The van der Waals surface area contributed by atoms with Crippen LogP contribution in [0.4, 0.5) is 11.5 Å². The van der Waals surface area contributed by atoms with Gasteiger partial charge < -0.3 is 20.3 Å². The Bertz CT molecular complexity index is 516. The van der Waals surface area contributed by atoms with Gasteiger partial charge in [-0.05, 0) is 56.0 Å². The van der Waals surface area contributed by atoms with Gasteiger partial charge in [0.1, 0.15) is 5.82 Å². The first kappa shape index (κ1) is 16.5. The Balaban J connectivity index is 1.47. The zero-order chi connectivity index (χ0) is 16.1. The van der Waals surface area contributed by atoms with Crippen LogP contribution in [0.3, 0.4) is 0 Å². The number of piperidine rings is 1. The van der Waals surface area contributed by atoms with Crippen molar-refractivity contribution in [1.29, 1.82) is 0 Å². The summed E-state index contributed by atoms with van der Waals surface area (Å²) >= 11 is 5.33. The van der Waals surface area contributed by atoms with Crippen molar-refractivity contribution in [3.8, 4) is 0 Å². The number of anilines is 2. The molecule has 0 amide bonds. The lowest BCUT2D eigenvalue weighted by Gasteiger charge is -2.31. The number of nitrogens with zero attached hydrogens (tertiary/aromatic N) is 2. The third-order valence-electron chi connectivity index (χ3n) is 4.50. The molecule has 2 saturated heterocycles. The zero-order valence-electron chi connectivity index (χ0n) is 13.8.